The predicted octanol–water partition coefficient (Wildman–Crippen LogP) is 2.65. The number of ether oxygens (including phenoxy) is 1. The van der Waals surface area contributed by atoms with E-state index in [1.807, 2.05) is 6.07 Å². The molecule has 2 heterocycles. The van der Waals surface area contributed by atoms with Crippen LogP contribution < -0.4 is 10.6 Å². The molecule has 2 rings (SSSR count). The number of methoxy groups -OCH3 is 1. The van der Waals surface area contributed by atoms with Crippen LogP contribution in [0.2, 0.25) is 0 Å². The van der Waals surface area contributed by atoms with Gasteiger partial charge in [-0.1, -0.05) is 23.1 Å². The SMILES string of the molecule is COCCNc1nnc(S[C@H](C)C(=O)Nc2sccc2C#N)s1. The molecule has 0 aliphatic heterocycles. The summed E-state index contributed by atoms with van der Waals surface area (Å²) in [5.41, 5.74) is 0.473. The summed E-state index contributed by atoms with van der Waals surface area (Å²) in [7, 11) is 1.63. The Morgan fingerprint density at radius 3 is 3.13 bits per heavy atom. The van der Waals surface area contributed by atoms with Gasteiger partial charge in [0.2, 0.25) is 11.0 Å². The van der Waals surface area contributed by atoms with Crippen LogP contribution in [0.3, 0.4) is 0 Å². The number of thiophene rings is 1. The summed E-state index contributed by atoms with van der Waals surface area (Å²) in [6.45, 7) is 3.03. The number of nitrogens with zero attached hydrogens (tertiary/aromatic N) is 3. The van der Waals surface area contributed by atoms with Crippen molar-refractivity contribution < 1.29 is 9.53 Å². The van der Waals surface area contributed by atoms with Gasteiger partial charge in [0, 0.05) is 13.7 Å². The summed E-state index contributed by atoms with van der Waals surface area (Å²) in [4.78, 5) is 12.2. The van der Waals surface area contributed by atoms with Gasteiger partial charge in [-0.25, -0.2) is 0 Å². The van der Waals surface area contributed by atoms with Crippen LogP contribution in [0.5, 0.6) is 0 Å². The predicted molar refractivity (Wildman–Crippen MR) is 93.3 cm³/mol. The zero-order chi connectivity index (χ0) is 16.7. The number of aromatic nitrogens is 2. The fraction of sp³-hybridized carbons (Fsp3) is 0.385. The monoisotopic (exact) mass is 369 g/mol. The molecule has 7 nitrogen and oxygen atoms in total. The Morgan fingerprint density at radius 2 is 2.39 bits per heavy atom. The second-order valence-corrected chi connectivity index (χ2v) is 7.80. The lowest BCUT2D eigenvalue weighted by atomic mass is 10.3. The van der Waals surface area contributed by atoms with Gasteiger partial charge in [-0.05, 0) is 18.4 Å². The fourth-order valence-corrected chi connectivity index (χ4v) is 4.16. The van der Waals surface area contributed by atoms with Crippen molar-refractivity contribution in [3.05, 3.63) is 17.0 Å². The van der Waals surface area contributed by atoms with E-state index >= 15 is 0 Å². The minimum absolute atomic E-state index is 0.168. The number of thioether (sulfide) groups is 1. The Kier molecular flexibility index (Phi) is 6.79. The number of carbonyl (C=O) groups is 1. The molecule has 0 unspecified atom stereocenters. The maximum Gasteiger partial charge on any atom is 0.238 e. The Balaban J connectivity index is 1.87. The van der Waals surface area contributed by atoms with Crippen molar-refractivity contribution in [1.29, 1.82) is 5.26 Å². The number of rotatable bonds is 8. The first-order valence-corrected chi connectivity index (χ1v) is 9.23. The van der Waals surface area contributed by atoms with Gasteiger partial charge in [-0.2, -0.15) is 5.26 Å². The van der Waals surface area contributed by atoms with Crippen molar-refractivity contribution in [3.63, 3.8) is 0 Å². The summed E-state index contributed by atoms with van der Waals surface area (Å²) in [5, 5.41) is 25.6. The molecule has 0 fully saturated rings. The zero-order valence-corrected chi connectivity index (χ0v) is 15.0. The Bertz CT molecular complexity index is 694. The quantitative estimate of drug-likeness (QED) is 0.545. The van der Waals surface area contributed by atoms with Gasteiger partial charge in [0.15, 0.2) is 4.34 Å². The number of hydrogen-bond acceptors (Lipinski definition) is 9. The van der Waals surface area contributed by atoms with E-state index in [9.17, 15) is 4.79 Å². The Morgan fingerprint density at radius 1 is 1.57 bits per heavy atom. The summed E-state index contributed by atoms with van der Waals surface area (Å²) < 4.78 is 5.66. The molecule has 1 atom stereocenters. The van der Waals surface area contributed by atoms with Crippen LogP contribution in [-0.2, 0) is 9.53 Å². The first-order chi connectivity index (χ1) is 11.1. The molecule has 0 bridgehead atoms. The van der Waals surface area contributed by atoms with Gasteiger partial charge in [0.1, 0.15) is 11.1 Å². The van der Waals surface area contributed by atoms with E-state index in [4.69, 9.17) is 10.00 Å². The van der Waals surface area contributed by atoms with E-state index in [0.717, 1.165) is 0 Å². The molecular weight excluding hydrogens is 354 g/mol. The number of carbonyl (C=O) groups excluding carboxylic acids is 1. The molecule has 0 radical (unpaired) electrons. The van der Waals surface area contributed by atoms with Gasteiger partial charge in [0.25, 0.3) is 0 Å². The highest BCUT2D eigenvalue weighted by Crippen LogP contribution is 2.30. The molecule has 10 heteroatoms. The molecule has 0 aromatic carbocycles. The molecule has 2 N–H and O–H groups in total. The first-order valence-electron chi connectivity index (χ1n) is 6.65. The molecule has 0 saturated heterocycles. The fourth-order valence-electron chi connectivity index (χ4n) is 1.50. The third-order valence-corrected chi connectivity index (χ3v) is 5.55. The number of nitriles is 1. The van der Waals surface area contributed by atoms with E-state index < -0.39 is 0 Å². The summed E-state index contributed by atoms with van der Waals surface area (Å²) in [5.74, 6) is -0.168. The molecule has 0 aliphatic rings. The van der Waals surface area contributed by atoms with Gasteiger partial charge in [-0.3, -0.25) is 4.79 Å². The van der Waals surface area contributed by atoms with E-state index in [2.05, 4.69) is 20.8 Å². The molecule has 23 heavy (non-hydrogen) atoms. The molecule has 0 saturated carbocycles. The van der Waals surface area contributed by atoms with Gasteiger partial charge in [-0.15, -0.1) is 21.5 Å². The average molecular weight is 369 g/mol. The second kappa shape index (κ2) is 8.83. The number of amides is 1. The van der Waals surface area contributed by atoms with Crippen molar-refractivity contribution >= 4 is 50.5 Å². The van der Waals surface area contributed by atoms with Crippen LogP contribution in [0.1, 0.15) is 12.5 Å². The molecule has 0 aliphatic carbocycles. The smallest absolute Gasteiger partial charge is 0.238 e. The molecule has 1 amide bonds. The van der Waals surface area contributed by atoms with Crippen LogP contribution in [0.4, 0.5) is 10.1 Å². The van der Waals surface area contributed by atoms with Crippen molar-refractivity contribution in [2.75, 3.05) is 30.9 Å². The van der Waals surface area contributed by atoms with Crippen LogP contribution in [-0.4, -0.2) is 41.6 Å². The molecule has 2 aromatic rings. The maximum absolute atomic E-state index is 12.2. The van der Waals surface area contributed by atoms with Crippen molar-refractivity contribution in [3.8, 4) is 6.07 Å². The van der Waals surface area contributed by atoms with E-state index in [-0.39, 0.29) is 11.2 Å². The largest absolute Gasteiger partial charge is 0.383 e. The van der Waals surface area contributed by atoms with Gasteiger partial charge >= 0.3 is 0 Å². The van der Waals surface area contributed by atoms with Crippen LogP contribution >= 0.6 is 34.4 Å². The Labute approximate surface area is 146 Å². The number of nitrogens with one attached hydrogen (secondary N) is 2. The summed E-state index contributed by atoms with van der Waals surface area (Å²) >= 11 is 4.05. The second-order valence-electron chi connectivity index (χ2n) is 4.32. The van der Waals surface area contributed by atoms with Gasteiger partial charge in [0.05, 0.1) is 17.4 Å². The zero-order valence-electron chi connectivity index (χ0n) is 12.5. The van der Waals surface area contributed by atoms with E-state index in [1.165, 1.54) is 34.4 Å². The lowest BCUT2D eigenvalue weighted by Crippen LogP contribution is -2.22. The standard InChI is InChI=1S/C13H15N5O2S3/c1-8(10(19)16-11-9(7-14)3-6-21-11)22-13-18-17-12(23-13)15-4-5-20-2/h3,6,8H,4-5H2,1-2H3,(H,15,17)(H,16,19)/t8-/m1/s1. The third-order valence-electron chi connectivity index (χ3n) is 2.66. The summed E-state index contributed by atoms with van der Waals surface area (Å²) in [6, 6.07) is 3.73. The molecule has 122 valence electrons. The Hall–Kier alpha value is -1.67. The van der Waals surface area contributed by atoms with E-state index in [1.54, 1.807) is 25.5 Å². The van der Waals surface area contributed by atoms with Crippen LogP contribution in [0.25, 0.3) is 0 Å². The van der Waals surface area contributed by atoms with E-state index in [0.29, 0.717) is 33.2 Å². The third kappa shape index (κ3) is 5.18. The lowest BCUT2D eigenvalue weighted by molar-refractivity contribution is -0.115. The molecule has 2 aromatic heterocycles. The normalized spacial score (nSPS) is 11.7. The van der Waals surface area contributed by atoms with Gasteiger partial charge < -0.3 is 15.4 Å². The number of hydrogen-bond donors (Lipinski definition) is 2. The number of anilines is 2. The highest BCUT2D eigenvalue weighted by molar-refractivity contribution is 8.02. The topological polar surface area (TPSA) is 99.9 Å². The van der Waals surface area contributed by atoms with Crippen molar-refractivity contribution in [2.24, 2.45) is 0 Å². The minimum Gasteiger partial charge on any atom is -0.383 e. The average Bonchev–Trinajstić information content (AvgIpc) is 3.16. The minimum atomic E-state index is -0.344. The first kappa shape index (κ1) is 17.7. The maximum atomic E-state index is 12.2. The van der Waals surface area contributed by atoms with Crippen molar-refractivity contribution in [1.82, 2.24) is 10.2 Å². The molecule has 0 spiro atoms. The van der Waals surface area contributed by atoms with Crippen molar-refractivity contribution in [2.45, 2.75) is 16.5 Å². The lowest BCUT2D eigenvalue weighted by Gasteiger charge is -2.08. The highest BCUT2D eigenvalue weighted by Gasteiger charge is 2.18. The summed E-state index contributed by atoms with van der Waals surface area (Å²) in [6.07, 6.45) is 0. The highest BCUT2D eigenvalue weighted by atomic mass is 32.2. The van der Waals surface area contributed by atoms with Crippen LogP contribution in [0, 0.1) is 11.3 Å². The molecular formula is C13H15N5O2S3. The van der Waals surface area contributed by atoms with Crippen LogP contribution in [0.15, 0.2) is 15.8 Å².